The molecule has 4 rings (SSSR count). The number of halogens is 1. The number of amides is 2. The van der Waals surface area contributed by atoms with E-state index in [1.807, 2.05) is 12.1 Å². The molecule has 1 aliphatic heterocycles. The van der Waals surface area contributed by atoms with Crippen LogP contribution in [-0.2, 0) is 17.6 Å². The van der Waals surface area contributed by atoms with E-state index in [1.54, 1.807) is 28.6 Å². The lowest BCUT2D eigenvalue weighted by atomic mass is 9.70. The zero-order chi connectivity index (χ0) is 18.3. The van der Waals surface area contributed by atoms with Crippen molar-refractivity contribution < 1.29 is 19.2 Å². The van der Waals surface area contributed by atoms with Crippen LogP contribution in [0.4, 0.5) is 10.1 Å². The number of benzene rings is 2. The molecule has 6 heteroatoms. The number of rotatable bonds is 2. The Balaban J connectivity index is 1.57. The molecule has 2 N–H and O–H groups in total. The van der Waals surface area contributed by atoms with Gasteiger partial charge >= 0.3 is 0 Å². The van der Waals surface area contributed by atoms with Gasteiger partial charge in [-0.1, -0.05) is 6.07 Å². The molecule has 1 spiro atoms. The normalized spacial score (nSPS) is 21.8. The zero-order valence-electron chi connectivity index (χ0n) is 14.2. The van der Waals surface area contributed by atoms with Crippen LogP contribution in [0.2, 0.25) is 0 Å². The second-order valence-electron chi connectivity index (χ2n) is 7.23. The van der Waals surface area contributed by atoms with Crippen LogP contribution in [0.25, 0.3) is 0 Å². The van der Waals surface area contributed by atoms with E-state index in [9.17, 15) is 14.0 Å². The summed E-state index contributed by atoms with van der Waals surface area (Å²) in [5.41, 5.74) is 4.91. The van der Waals surface area contributed by atoms with Crippen molar-refractivity contribution in [2.45, 2.75) is 25.7 Å². The van der Waals surface area contributed by atoms with E-state index in [4.69, 9.17) is 5.21 Å². The van der Waals surface area contributed by atoms with Gasteiger partial charge in [-0.25, -0.2) is 9.87 Å². The molecule has 1 atom stereocenters. The van der Waals surface area contributed by atoms with Gasteiger partial charge in [0.2, 0.25) is 5.91 Å². The summed E-state index contributed by atoms with van der Waals surface area (Å²) in [5.74, 6) is -0.771. The van der Waals surface area contributed by atoms with Crippen LogP contribution in [0.3, 0.4) is 0 Å². The molecule has 26 heavy (non-hydrogen) atoms. The minimum atomic E-state index is -0.522. The van der Waals surface area contributed by atoms with E-state index < -0.39 is 5.91 Å². The van der Waals surface area contributed by atoms with E-state index >= 15 is 0 Å². The maximum absolute atomic E-state index is 13.2. The number of hydroxylamine groups is 1. The topological polar surface area (TPSA) is 69.6 Å². The lowest BCUT2D eigenvalue weighted by molar-refractivity contribution is -0.117. The van der Waals surface area contributed by atoms with Crippen molar-refractivity contribution in [2.75, 3.05) is 11.4 Å². The number of hydrogen-bond donors (Lipinski definition) is 2. The maximum Gasteiger partial charge on any atom is 0.274 e. The summed E-state index contributed by atoms with van der Waals surface area (Å²) in [6, 6.07) is 11.4. The Morgan fingerprint density at radius 2 is 1.88 bits per heavy atom. The molecule has 134 valence electrons. The van der Waals surface area contributed by atoms with E-state index in [0.717, 1.165) is 36.1 Å². The van der Waals surface area contributed by atoms with Gasteiger partial charge in [-0.3, -0.25) is 14.8 Å². The number of nitrogens with zero attached hydrogens (tertiary/aromatic N) is 1. The summed E-state index contributed by atoms with van der Waals surface area (Å²) >= 11 is 0. The number of nitrogens with one attached hydrogen (secondary N) is 1. The third-order valence-corrected chi connectivity index (χ3v) is 5.52. The van der Waals surface area contributed by atoms with E-state index in [2.05, 4.69) is 0 Å². The van der Waals surface area contributed by atoms with Crippen LogP contribution in [0.15, 0.2) is 42.5 Å². The van der Waals surface area contributed by atoms with Crippen LogP contribution in [0.1, 0.15) is 34.3 Å². The fourth-order valence-electron chi connectivity index (χ4n) is 4.17. The lowest BCUT2D eigenvalue weighted by Crippen LogP contribution is -2.33. The average Bonchev–Trinajstić information content (AvgIpc) is 2.97. The third kappa shape index (κ3) is 2.86. The van der Waals surface area contributed by atoms with Gasteiger partial charge in [-0.2, -0.15) is 0 Å². The van der Waals surface area contributed by atoms with Gasteiger partial charge < -0.3 is 4.90 Å². The number of carbonyl (C=O) groups is 2. The van der Waals surface area contributed by atoms with Gasteiger partial charge in [0.1, 0.15) is 5.82 Å². The molecule has 1 aliphatic carbocycles. The Bertz CT molecular complexity index is 881. The first-order valence-electron chi connectivity index (χ1n) is 8.62. The van der Waals surface area contributed by atoms with E-state index in [0.29, 0.717) is 18.5 Å². The van der Waals surface area contributed by atoms with Gasteiger partial charge in [0.25, 0.3) is 5.91 Å². The standard InChI is InChI=1S/C20H19FN2O3/c21-16-3-5-17(6-4-16)23-12-20(11-18(23)24)8-7-13-9-14(19(25)22-26)1-2-15(13)10-20/h1-6,9,26H,7-8,10-12H2,(H,22,25)/t20-/m1/s1. The number of carbonyl (C=O) groups excluding carboxylic acids is 2. The summed E-state index contributed by atoms with van der Waals surface area (Å²) < 4.78 is 13.2. The Morgan fingerprint density at radius 1 is 1.12 bits per heavy atom. The van der Waals surface area contributed by atoms with Gasteiger partial charge in [-0.15, -0.1) is 0 Å². The first-order chi connectivity index (χ1) is 12.5. The molecular weight excluding hydrogens is 335 g/mol. The minimum absolute atomic E-state index is 0.0661. The monoisotopic (exact) mass is 354 g/mol. The molecule has 1 fully saturated rings. The second-order valence-corrected chi connectivity index (χ2v) is 7.23. The molecule has 0 aromatic heterocycles. The molecule has 0 bridgehead atoms. The quantitative estimate of drug-likeness (QED) is 0.644. The summed E-state index contributed by atoms with van der Waals surface area (Å²) in [5, 5.41) is 8.78. The highest BCUT2D eigenvalue weighted by atomic mass is 19.1. The highest BCUT2D eigenvalue weighted by molar-refractivity contribution is 5.96. The van der Waals surface area contributed by atoms with Crippen molar-refractivity contribution in [2.24, 2.45) is 5.41 Å². The van der Waals surface area contributed by atoms with Crippen molar-refractivity contribution in [3.05, 3.63) is 65.0 Å². The summed E-state index contributed by atoms with van der Waals surface area (Å²) in [6.07, 6.45) is 2.88. The Hall–Kier alpha value is -2.73. The Morgan fingerprint density at radius 3 is 2.62 bits per heavy atom. The average molecular weight is 354 g/mol. The van der Waals surface area contributed by atoms with Crippen molar-refractivity contribution in [1.82, 2.24) is 5.48 Å². The van der Waals surface area contributed by atoms with Crippen LogP contribution in [0, 0.1) is 11.2 Å². The highest BCUT2D eigenvalue weighted by Crippen LogP contribution is 2.44. The van der Waals surface area contributed by atoms with Gasteiger partial charge in [0, 0.05) is 29.6 Å². The Kier molecular flexibility index (Phi) is 4.00. The van der Waals surface area contributed by atoms with Crippen molar-refractivity contribution in [3.8, 4) is 0 Å². The molecule has 5 nitrogen and oxygen atoms in total. The van der Waals surface area contributed by atoms with Crippen LogP contribution >= 0.6 is 0 Å². The fraction of sp³-hybridized carbons (Fsp3) is 0.300. The number of fused-ring (bicyclic) bond motifs is 1. The molecule has 2 amide bonds. The predicted molar refractivity (Wildman–Crippen MR) is 93.5 cm³/mol. The smallest absolute Gasteiger partial charge is 0.274 e. The Labute approximate surface area is 150 Å². The van der Waals surface area contributed by atoms with Gasteiger partial charge in [-0.05, 0) is 66.8 Å². The van der Waals surface area contributed by atoms with Crippen molar-refractivity contribution >= 4 is 17.5 Å². The summed E-state index contributed by atoms with van der Waals surface area (Å²) in [4.78, 5) is 25.9. The van der Waals surface area contributed by atoms with E-state index in [1.165, 1.54) is 12.1 Å². The molecule has 0 saturated carbocycles. The van der Waals surface area contributed by atoms with Gasteiger partial charge in [0.15, 0.2) is 0 Å². The van der Waals surface area contributed by atoms with E-state index in [-0.39, 0.29) is 17.1 Å². The van der Waals surface area contributed by atoms with Crippen LogP contribution in [-0.4, -0.2) is 23.6 Å². The summed E-state index contributed by atoms with van der Waals surface area (Å²) in [6.45, 7) is 0.621. The van der Waals surface area contributed by atoms with Crippen LogP contribution < -0.4 is 10.4 Å². The maximum atomic E-state index is 13.2. The molecule has 1 heterocycles. The highest BCUT2D eigenvalue weighted by Gasteiger charge is 2.45. The molecule has 2 aromatic rings. The van der Waals surface area contributed by atoms with Crippen LogP contribution in [0.5, 0.6) is 0 Å². The fourth-order valence-corrected chi connectivity index (χ4v) is 4.17. The molecule has 0 unspecified atom stereocenters. The predicted octanol–water partition coefficient (Wildman–Crippen LogP) is 2.86. The number of hydrogen-bond acceptors (Lipinski definition) is 3. The van der Waals surface area contributed by atoms with Crippen molar-refractivity contribution in [1.29, 1.82) is 0 Å². The number of anilines is 1. The third-order valence-electron chi connectivity index (χ3n) is 5.52. The zero-order valence-corrected chi connectivity index (χ0v) is 14.2. The molecular formula is C20H19FN2O3. The summed E-state index contributed by atoms with van der Waals surface area (Å²) in [7, 11) is 0. The van der Waals surface area contributed by atoms with Gasteiger partial charge in [0.05, 0.1) is 0 Å². The minimum Gasteiger partial charge on any atom is -0.312 e. The molecule has 0 radical (unpaired) electrons. The SMILES string of the molecule is O=C(NO)c1ccc2c(c1)CC[C@]1(CC(=O)N(c3ccc(F)cc3)C1)C2. The lowest BCUT2D eigenvalue weighted by Gasteiger charge is -2.34. The number of aryl methyl sites for hydroxylation is 1. The first-order valence-corrected chi connectivity index (χ1v) is 8.62. The molecule has 1 saturated heterocycles. The molecule has 2 aromatic carbocycles. The van der Waals surface area contributed by atoms with Crippen molar-refractivity contribution in [3.63, 3.8) is 0 Å². The molecule has 2 aliphatic rings. The first kappa shape index (κ1) is 16.7. The largest absolute Gasteiger partial charge is 0.312 e. The second kappa shape index (κ2) is 6.21.